The number of benzene rings is 1. The maximum absolute atomic E-state index is 11.9. The molecule has 1 N–H and O–H groups in total. The van der Waals surface area contributed by atoms with E-state index in [1.807, 2.05) is 0 Å². The van der Waals surface area contributed by atoms with E-state index in [1.165, 1.54) is 12.1 Å². The van der Waals surface area contributed by atoms with Crippen LogP contribution in [0.15, 0.2) is 43.5 Å². The van der Waals surface area contributed by atoms with E-state index in [9.17, 15) is 19.5 Å². The fourth-order valence-electron chi connectivity index (χ4n) is 1.33. The van der Waals surface area contributed by atoms with E-state index in [-0.39, 0.29) is 30.3 Å². The first-order valence-electron chi connectivity index (χ1n) is 6.11. The molecular weight excluding hydrogens is 292 g/mol. The maximum Gasteiger partial charge on any atom is 0.342 e. The Morgan fingerprint density at radius 3 is 2.32 bits per heavy atom. The summed E-state index contributed by atoms with van der Waals surface area (Å²) in [6, 6.07) is 3.56. The summed E-state index contributed by atoms with van der Waals surface area (Å²) in [5, 5.41) is 9.37. The molecule has 0 fully saturated rings. The second-order valence-electron chi connectivity index (χ2n) is 3.81. The molecule has 0 saturated carbocycles. The Morgan fingerprint density at radius 1 is 1.05 bits per heavy atom. The second kappa shape index (κ2) is 8.25. The lowest BCUT2D eigenvalue weighted by molar-refractivity contribution is -0.138. The fraction of sp³-hybridized carbons (Fsp3) is 0.133. The Bertz CT molecular complexity index is 604. The highest BCUT2D eigenvalue weighted by Crippen LogP contribution is 2.25. The van der Waals surface area contributed by atoms with E-state index in [4.69, 9.17) is 9.47 Å². The lowest BCUT2D eigenvalue weighted by atomic mass is 10.2. The summed E-state index contributed by atoms with van der Waals surface area (Å²) in [4.78, 5) is 33.9. The second-order valence-corrected chi connectivity index (χ2v) is 3.81. The summed E-state index contributed by atoms with van der Waals surface area (Å²) in [7, 11) is 0. The summed E-state index contributed by atoms with van der Waals surface area (Å²) >= 11 is 0. The van der Waals surface area contributed by atoms with Gasteiger partial charge in [-0.1, -0.05) is 13.2 Å². The van der Waals surface area contributed by atoms with Crippen molar-refractivity contribution in [2.75, 3.05) is 13.2 Å². The summed E-state index contributed by atoms with van der Waals surface area (Å²) in [5.41, 5.74) is -0.0666. The zero-order valence-electron chi connectivity index (χ0n) is 11.6. The molecule has 0 atom stereocenters. The van der Waals surface area contributed by atoms with E-state index in [0.29, 0.717) is 0 Å². The van der Waals surface area contributed by atoms with Gasteiger partial charge in [-0.25, -0.2) is 14.4 Å². The highest BCUT2D eigenvalue weighted by molar-refractivity contribution is 5.94. The molecule has 22 heavy (non-hydrogen) atoms. The van der Waals surface area contributed by atoms with Gasteiger partial charge < -0.3 is 19.3 Å². The molecule has 0 amide bonds. The minimum atomic E-state index is -0.804. The smallest absolute Gasteiger partial charge is 0.342 e. The van der Waals surface area contributed by atoms with Gasteiger partial charge in [-0.3, -0.25) is 0 Å². The fourth-order valence-corrected chi connectivity index (χ4v) is 1.33. The number of hydrogen-bond donors (Lipinski definition) is 1. The molecule has 0 unspecified atom stereocenters. The van der Waals surface area contributed by atoms with Gasteiger partial charge in [-0.05, 0) is 12.1 Å². The normalized spacial score (nSPS) is 9.45. The van der Waals surface area contributed by atoms with Crippen molar-refractivity contribution in [1.82, 2.24) is 0 Å². The van der Waals surface area contributed by atoms with Crippen LogP contribution in [-0.4, -0.2) is 36.2 Å². The molecule has 7 heteroatoms. The monoisotopic (exact) mass is 306 g/mol. The molecule has 0 aromatic heterocycles. The van der Waals surface area contributed by atoms with Crippen molar-refractivity contribution in [2.24, 2.45) is 0 Å². The van der Waals surface area contributed by atoms with Gasteiger partial charge in [0.15, 0.2) is 0 Å². The van der Waals surface area contributed by atoms with Crippen LogP contribution in [0.4, 0.5) is 0 Å². The van der Waals surface area contributed by atoms with Gasteiger partial charge in [-0.15, -0.1) is 0 Å². The lowest BCUT2D eigenvalue weighted by Gasteiger charge is -2.09. The Labute approximate surface area is 126 Å². The third kappa shape index (κ3) is 5.12. The number of rotatable bonds is 7. The largest absolute Gasteiger partial charge is 0.508 e. The zero-order chi connectivity index (χ0) is 16.5. The quantitative estimate of drug-likeness (QED) is 0.351. The van der Waals surface area contributed by atoms with Crippen molar-refractivity contribution >= 4 is 17.9 Å². The topological polar surface area (TPSA) is 99.1 Å². The van der Waals surface area contributed by atoms with Gasteiger partial charge in [0.1, 0.15) is 30.3 Å². The van der Waals surface area contributed by atoms with Crippen molar-refractivity contribution in [2.45, 2.75) is 0 Å². The number of aromatic hydroxyl groups is 1. The van der Waals surface area contributed by atoms with E-state index in [1.54, 1.807) is 0 Å². The lowest BCUT2D eigenvalue weighted by Crippen LogP contribution is -2.14. The Balaban J connectivity index is 2.71. The van der Waals surface area contributed by atoms with Crippen LogP contribution >= 0.6 is 0 Å². The average Bonchev–Trinajstić information content (AvgIpc) is 2.51. The molecule has 0 radical (unpaired) electrons. The van der Waals surface area contributed by atoms with Crippen molar-refractivity contribution in [1.29, 1.82) is 0 Å². The number of carbonyl (C=O) groups is 3. The minimum Gasteiger partial charge on any atom is -0.508 e. The van der Waals surface area contributed by atoms with Gasteiger partial charge in [-0.2, -0.15) is 0 Å². The number of carbonyl (C=O) groups excluding carboxylic acids is 3. The van der Waals surface area contributed by atoms with Crippen molar-refractivity contribution in [3.8, 4) is 11.5 Å². The van der Waals surface area contributed by atoms with Gasteiger partial charge in [0.05, 0.1) is 0 Å². The highest BCUT2D eigenvalue weighted by Gasteiger charge is 2.17. The standard InChI is InChI=1S/C15H14O7/c1-3-13(17)20-7-8-21-15(19)11-6-5-10(16)9-12(11)22-14(18)4-2/h3-6,9,16H,1-2,7-8H2. The molecule has 0 saturated heterocycles. The first kappa shape index (κ1) is 17.0. The molecule has 1 aromatic rings. The van der Waals surface area contributed by atoms with Gasteiger partial charge in [0, 0.05) is 18.2 Å². The SMILES string of the molecule is C=CC(=O)OCCOC(=O)c1ccc(O)cc1OC(=O)C=C. The average molecular weight is 306 g/mol. The number of phenolic OH excluding ortho intramolecular Hbond substituents is 1. The third-order valence-electron chi connectivity index (χ3n) is 2.29. The Morgan fingerprint density at radius 2 is 1.68 bits per heavy atom. The zero-order valence-corrected chi connectivity index (χ0v) is 11.6. The minimum absolute atomic E-state index is 0.0666. The summed E-state index contributed by atoms with van der Waals surface area (Å²) in [6.45, 7) is 6.12. The summed E-state index contributed by atoms with van der Waals surface area (Å²) in [5.74, 6) is -2.59. The van der Waals surface area contributed by atoms with Crippen LogP contribution in [0.1, 0.15) is 10.4 Å². The first-order valence-corrected chi connectivity index (χ1v) is 6.11. The van der Waals surface area contributed by atoms with Crippen molar-refractivity contribution in [3.63, 3.8) is 0 Å². The van der Waals surface area contributed by atoms with Gasteiger partial charge in [0.25, 0.3) is 0 Å². The molecule has 7 nitrogen and oxygen atoms in total. The van der Waals surface area contributed by atoms with Crippen LogP contribution in [0.2, 0.25) is 0 Å². The van der Waals surface area contributed by atoms with Crippen LogP contribution in [-0.2, 0) is 19.1 Å². The summed E-state index contributed by atoms with van der Waals surface area (Å²) < 4.78 is 14.3. The predicted octanol–water partition coefficient (Wildman–Crippen LogP) is 1.37. The number of ether oxygens (including phenoxy) is 3. The Hall–Kier alpha value is -3.09. The molecule has 0 aliphatic rings. The molecule has 1 aromatic carbocycles. The number of phenols is 1. The predicted molar refractivity (Wildman–Crippen MR) is 75.4 cm³/mol. The maximum atomic E-state index is 11.9. The molecule has 116 valence electrons. The third-order valence-corrected chi connectivity index (χ3v) is 2.29. The number of esters is 3. The van der Waals surface area contributed by atoms with Crippen LogP contribution in [0.3, 0.4) is 0 Å². The molecule has 0 aliphatic carbocycles. The van der Waals surface area contributed by atoms with Crippen molar-refractivity contribution in [3.05, 3.63) is 49.1 Å². The van der Waals surface area contributed by atoms with Crippen LogP contribution < -0.4 is 4.74 Å². The van der Waals surface area contributed by atoms with Gasteiger partial charge >= 0.3 is 17.9 Å². The molecule has 0 heterocycles. The first-order chi connectivity index (χ1) is 10.5. The summed E-state index contributed by atoms with van der Waals surface area (Å²) in [6.07, 6.45) is 1.89. The van der Waals surface area contributed by atoms with Crippen LogP contribution in [0, 0.1) is 0 Å². The van der Waals surface area contributed by atoms with Crippen LogP contribution in [0.25, 0.3) is 0 Å². The molecular formula is C15H14O7. The van der Waals surface area contributed by atoms with E-state index in [0.717, 1.165) is 18.2 Å². The van der Waals surface area contributed by atoms with E-state index in [2.05, 4.69) is 17.9 Å². The van der Waals surface area contributed by atoms with Crippen LogP contribution in [0.5, 0.6) is 11.5 Å². The highest BCUT2D eigenvalue weighted by atomic mass is 16.6. The van der Waals surface area contributed by atoms with Gasteiger partial charge in [0.2, 0.25) is 0 Å². The molecule has 0 aliphatic heterocycles. The van der Waals surface area contributed by atoms with E-state index < -0.39 is 17.9 Å². The number of hydrogen-bond acceptors (Lipinski definition) is 7. The molecule has 1 rings (SSSR count). The molecule has 0 spiro atoms. The molecule has 0 bridgehead atoms. The Kier molecular flexibility index (Phi) is 6.36. The van der Waals surface area contributed by atoms with Crippen molar-refractivity contribution < 1.29 is 33.7 Å². The van der Waals surface area contributed by atoms with E-state index >= 15 is 0 Å².